The van der Waals surface area contributed by atoms with E-state index in [4.69, 9.17) is 23.2 Å². The number of amides is 2. The number of rotatable bonds is 6. The second kappa shape index (κ2) is 9.30. The van der Waals surface area contributed by atoms with Gasteiger partial charge in [-0.15, -0.1) is 0 Å². The number of ether oxygens (including phenoxy) is 1. The predicted octanol–water partition coefficient (Wildman–Crippen LogP) is 4.59. The maximum atomic E-state index is 12.6. The number of urea groups is 1. The number of halogens is 2. The van der Waals surface area contributed by atoms with Gasteiger partial charge >= 0.3 is 12.0 Å². The fourth-order valence-corrected chi connectivity index (χ4v) is 2.47. The van der Waals surface area contributed by atoms with Crippen LogP contribution in [-0.2, 0) is 16.1 Å². The lowest BCUT2D eigenvalue weighted by Gasteiger charge is -2.23. The Kier molecular flexibility index (Phi) is 7.10. The molecule has 0 atom stereocenters. The molecular formula is C18H18Cl2N2O3. The summed E-state index contributed by atoms with van der Waals surface area (Å²) in [5.74, 6) is -0.386. The minimum absolute atomic E-state index is 0.0923. The van der Waals surface area contributed by atoms with Gasteiger partial charge in [-0.1, -0.05) is 41.4 Å². The van der Waals surface area contributed by atoms with E-state index in [0.29, 0.717) is 15.7 Å². The number of nitrogens with one attached hydrogen (secondary N) is 1. The van der Waals surface area contributed by atoms with E-state index >= 15 is 0 Å². The molecule has 0 saturated carbocycles. The van der Waals surface area contributed by atoms with Crippen molar-refractivity contribution in [1.29, 1.82) is 0 Å². The molecule has 132 valence electrons. The fourth-order valence-electron chi connectivity index (χ4n) is 2.15. The first-order valence-corrected chi connectivity index (χ1v) is 8.37. The molecule has 0 heterocycles. The molecule has 1 N–H and O–H groups in total. The number of methoxy groups -OCH3 is 1. The highest BCUT2D eigenvalue weighted by atomic mass is 35.5. The summed E-state index contributed by atoms with van der Waals surface area (Å²) in [4.78, 5) is 25.5. The smallest absolute Gasteiger partial charge is 0.322 e. The van der Waals surface area contributed by atoms with Crippen LogP contribution >= 0.6 is 23.2 Å². The Balaban J connectivity index is 2.11. The Morgan fingerprint density at radius 2 is 1.76 bits per heavy atom. The normalized spacial score (nSPS) is 10.2. The summed E-state index contributed by atoms with van der Waals surface area (Å²) in [6, 6.07) is 13.7. The van der Waals surface area contributed by atoms with Gasteiger partial charge in [-0.05, 0) is 35.9 Å². The standard InChI is InChI=1S/C18H18Cl2N2O3/c1-25-17(23)10-11-22(12-13-4-2-3-5-16(13)20)18(24)21-15-8-6-14(19)7-9-15/h2-9H,10-12H2,1H3,(H,21,24). The van der Waals surface area contributed by atoms with Crippen molar-refractivity contribution in [3.63, 3.8) is 0 Å². The summed E-state index contributed by atoms with van der Waals surface area (Å²) < 4.78 is 4.65. The van der Waals surface area contributed by atoms with Crippen LogP contribution in [-0.4, -0.2) is 30.6 Å². The molecule has 0 bridgehead atoms. The van der Waals surface area contributed by atoms with Gasteiger partial charge in [0.15, 0.2) is 0 Å². The number of benzene rings is 2. The zero-order valence-corrected chi connectivity index (χ0v) is 15.2. The third-order valence-corrected chi connectivity index (χ3v) is 4.14. The molecule has 0 spiro atoms. The summed E-state index contributed by atoms with van der Waals surface area (Å²) in [7, 11) is 1.31. The molecule has 0 saturated heterocycles. The van der Waals surface area contributed by atoms with Gasteiger partial charge in [0, 0.05) is 28.8 Å². The van der Waals surface area contributed by atoms with Gasteiger partial charge in [0.2, 0.25) is 0 Å². The number of carbonyl (C=O) groups is 2. The topological polar surface area (TPSA) is 58.6 Å². The van der Waals surface area contributed by atoms with E-state index in [0.717, 1.165) is 5.56 Å². The third-order valence-electron chi connectivity index (χ3n) is 3.52. The molecule has 2 aromatic carbocycles. The maximum absolute atomic E-state index is 12.6. The summed E-state index contributed by atoms with van der Waals surface area (Å²) in [6.45, 7) is 0.480. The number of esters is 1. The Labute approximate surface area is 156 Å². The van der Waals surface area contributed by atoms with Gasteiger partial charge in [-0.2, -0.15) is 0 Å². The fraction of sp³-hybridized carbons (Fsp3) is 0.222. The van der Waals surface area contributed by atoms with Gasteiger partial charge in [0.05, 0.1) is 13.5 Å². The number of carbonyl (C=O) groups excluding carboxylic acids is 2. The molecule has 7 heteroatoms. The van der Waals surface area contributed by atoms with E-state index in [1.165, 1.54) is 12.0 Å². The van der Waals surface area contributed by atoms with Crippen LogP contribution in [0.25, 0.3) is 0 Å². The van der Waals surface area contributed by atoms with Crippen molar-refractivity contribution in [2.75, 3.05) is 19.0 Å². The summed E-state index contributed by atoms with van der Waals surface area (Å²) in [5, 5.41) is 3.92. The highest BCUT2D eigenvalue weighted by Crippen LogP contribution is 2.19. The minimum Gasteiger partial charge on any atom is -0.469 e. The average molecular weight is 381 g/mol. The van der Waals surface area contributed by atoms with E-state index in [9.17, 15) is 9.59 Å². The van der Waals surface area contributed by atoms with Gasteiger partial charge < -0.3 is 15.0 Å². The number of nitrogens with zero attached hydrogens (tertiary/aromatic N) is 1. The van der Waals surface area contributed by atoms with Gasteiger partial charge in [0.25, 0.3) is 0 Å². The molecule has 0 aliphatic heterocycles. The van der Waals surface area contributed by atoms with E-state index in [2.05, 4.69) is 10.1 Å². The number of hydrogen-bond acceptors (Lipinski definition) is 3. The molecule has 0 fully saturated rings. The second-order valence-electron chi connectivity index (χ2n) is 5.28. The zero-order valence-electron chi connectivity index (χ0n) is 13.7. The third kappa shape index (κ3) is 5.96. The maximum Gasteiger partial charge on any atom is 0.322 e. The first kappa shape index (κ1) is 19.1. The highest BCUT2D eigenvalue weighted by molar-refractivity contribution is 6.31. The van der Waals surface area contributed by atoms with Crippen LogP contribution in [0.3, 0.4) is 0 Å². The molecule has 5 nitrogen and oxygen atoms in total. The van der Waals surface area contributed by atoms with E-state index in [1.54, 1.807) is 30.3 Å². The summed E-state index contributed by atoms with van der Waals surface area (Å²) in [5.41, 5.74) is 1.40. The molecule has 2 amide bonds. The van der Waals surface area contributed by atoms with E-state index < -0.39 is 0 Å². The Morgan fingerprint density at radius 3 is 2.40 bits per heavy atom. The second-order valence-corrected chi connectivity index (χ2v) is 6.12. The zero-order chi connectivity index (χ0) is 18.2. The van der Waals surface area contributed by atoms with Gasteiger partial charge in [0.1, 0.15) is 0 Å². The number of anilines is 1. The van der Waals surface area contributed by atoms with Crippen LogP contribution in [0.2, 0.25) is 10.0 Å². The van der Waals surface area contributed by atoms with Crippen molar-refractivity contribution in [2.45, 2.75) is 13.0 Å². The SMILES string of the molecule is COC(=O)CCN(Cc1ccccc1Cl)C(=O)Nc1ccc(Cl)cc1. The Bertz CT molecular complexity index is 735. The van der Waals surface area contributed by atoms with Crippen molar-refractivity contribution in [2.24, 2.45) is 0 Å². The lowest BCUT2D eigenvalue weighted by atomic mass is 10.2. The van der Waals surface area contributed by atoms with E-state index in [-0.39, 0.29) is 31.5 Å². The lowest BCUT2D eigenvalue weighted by Crippen LogP contribution is -2.36. The van der Waals surface area contributed by atoms with Gasteiger partial charge in [-0.25, -0.2) is 4.79 Å². The Hall–Kier alpha value is -2.24. The number of hydrogen-bond donors (Lipinski definition) is 1. The average Bonchev–Trinajstić information content (AvgIpc) is 2.61. The molecule has 0 aliphatic carbocycles. The molecule has 25 heavy (non-hydrogen) atoms. The molecule has 0 unspecified atom stereocenters. The molecule has 2 rings (SSSR count). The van der Waals surface area contributed by atoms with E-state index in [1.807, 2.05) is 18.2 Å². The van der Waals surface area contributed by atoms with Crippen LogP contribution in [0.15, 0.2) is 48.5 Å². The van der Waals surface area contributed by atoms with Crippen molar-refractivity contribution < 1.29 is 14.3 Å². The molecule has 0 aromatic heterocycles. The molecule has 0 aliphatic rings. The van der Waals surface area contributed by atoms with Gasteiger partial charge in [-0.3, -0.25) is 4.79 Å². The Morgan fingerprint density at radius 1 is 1.08 bits per heavy atom. The van der Waals surface area contributed by atoms with Crippen LogP contribution in [0, 0.1) is 0 Å². The highest BCUT2D eigenvalue weighted by Gasteiger charge is 2.17. The van der Waals surface area contributed by atoms with Crippen LogP contribution in [0.1, 0.15) is 12.0 Å². The molecular weight excluding hydrogens is 363 g/mol. The lowest BCUT2D eigenvalue weighted by molar-refractivity contribution is -0.140. The van der Waals surface area contributed by atoms with Crippen molar-refractivity contribution in [3.05, 3.63) is 64.1 Å². The van der Waals surface area contributed by atoms with Crippen LogP contribution in [0.5, 0.6) is 0 Å². The van der Waals surface area contributed by atoms with Crippen LogP contribution < -0.4 is 5.32 Å². The first-order chi connectivity index (χ1) is 12.0. The van der Waals surface area contributed by atoms with Crippen molar-refractivity contribution in [3.8, 4) is 0 Å². The summed E-state index contributed by atoms with van der Waals surface area (Å²) in [6.07, 6.45) is 0.0923. The molecule has 0 radical (unpaired) electrons. The quantitative estimate of drug-likeness (QED) is 0.745. The van der Waals surface area contributed by atoms with Crippen molar-refractivity contribution in [1.82, 2.24) is 4.90 Å². The monoisotopic (exact) mass is 380 g/mol. The largest absolute Gasteiger partial charge is 0.469 e. The summed E-state index contributed by atoms with van der Waals surface area (Å²) >= 11 is 12.0. The van der Waals surface area contributed by atoms with Crippen molar-refractivity contribution >= 4 is 40.9 Å². The minimum atomic E-state index is -0.386. The van der Waals surface area contributed by atoms with Crippen LogP contribution in [0.4, 0.5) is 10.5 Å². The first-order valence-electron chi connectivity index (χ1n) is 7.61. The molecule has 2 aromatic rings. The predicted molar refractivity (Wildman–Crippen MR) is 99.0 cm³/mol.